The quantitative estimate of drug-likeness (QED) is 0.824. The van der Waals surface area contributed by atoms with Gasteiger partial charge in [0.1, 0.15) is 6.10 Å². The lowest BCUT2D eigenvalue weighted by molar-refractivity contribution is 0.223. The highest BCUT2D eigenvalue weighted by atomic mass is 79.9. The third kappa shape index (κ3) is 2.40. The van der Waals surface area contributed by atoms with Gasteiger partial charge in [-0.15, -0.1) is 11.3 Å². The Morgan fingerprint density at radius 2 is 2.00 bits per heavy atom. The van der Waals surface area contributed by atoms with Gasteiger partial charge in [0.05, 0.1) is 0 Å². The monoisotopic (exact) mass is 360 g/mol. The highest BCUT2D eigenvalue weighted by molar-refractivity contribution is 9.11. The zero-order valence-electron chi connectivity index (χ0n) is 8.58. The van der Waals surface area contributed by atoms with Crippen LogP contribution in [-0.4, -0.2) is 5.11 Å². The van der Waals surface area contributed by atoms with Gasteiger partial charge in [0.25, 0.3) is 0 Å². The molecule has 0 aliphatic rings. The molecule has 84 valence electrons. The van der Waals surface area contributed by atoms with Crippen LogP contribution in [0.25, 0.3) is 0 Å². The Labute approximate surface area is 115 Å². The Hall–Kier alpha value is -0.160. The minimum Gasteiger partial charge on any atom is -0.383 e. The molecule has 1 atom stereocenters. The first-order valence-corrected chi connectivity index (χ1v) is 7.23. The minimum atomic E-state index is -0.564. The molecule has 1 unspecified atom stereocenters. The number of hydrogen-bond acceptors (Lipinski definition) is 2. The van der Waals surface area contributed by atoms with E-state index in [4.69, 9.17) is 0 Å². The maximum Gasteiger partial charge on any atom is 0.114 e. The van der Waals surface area contributed by atoms with Crippen molar-refractivity contribution in [2.75, 3.05) is 0 Å². The summed E-state index contributed by atoms with van der Waals surface area (Å²) in [5.41, 5.74) is 2.04. The van der Waals surface area contributed by atoms with E-state index in [-0.39, 0.29) is 0 Å². The van der Waals surface area contributed by atoms with Crippen LogP contribution in [0.1, 0.15) is 22.1 Å². The van der Waals surface area contributed by atoms with E-state index in [1.807, 2.05) is 36.6 Å². The molecule has 2 rings (SSSR count). The lowest BCUT2D eigenvalue weighted by Gasteiger charge is -2.13. The average Bonchev–Trinajstić information content (AvgIpc) is 2.75. The van der Waals surface area contributed by atoms with Crippen molar-refractivity contribution in [1.29, 1.82) is 0 Å². The first-order chi connectivity index (χ1) is 7.59. The van der Waals surface area contributed by atoms with Gasteiger partial charge in [-0.25, -0.2) is 0 Å². The standard InChI is InChI=1S/C12H10Br2OS/c1-7-5-10(14)8(6-9(7)13)12(15)11-3-2-4-16-11/h2-6,12,15H,1H3. The summed E-state index contributed by atoms with van der Waals surface area (Å²) < 4.78 is 1.95. The molecule has 16 heavy (non-hydrogen) atoms. The molecule has 0 saturated heterocycles. The number of aliphatic hydroxyl groups excluding tert-OH is 1. The molecule has 2 aromatic rings. The van der Waals surface area contributed by atoms with Gasteiger partial charge in [-0.2, -0.15) is 0 Å². The SMILES string of the molecule is Cc1cc(Br)c(C(O)c2cccs2)cc1Br. The molecule has 4 heteroatoms. The highest BCUT2D eigenvalue weighted by Crippen LogP contribution is 2.34. The van der Waals surface area contributed by atoms with Gasteiger partial charge >= 0.3 is 0 Å². The fourth-order valence-corrected chi connectivity index (χ4v) is 3.23. The maximum atomic E-state index is 10.2. The summed E-state index contributed by atoms with van der Waals surface area (Å²) in [6, 6.07) is 7.86. The van der Waals surface area contributed by atoms with E-state index in [2.05, 4.69) is 31.9 Å². The molecule has 0 aliphatic heterocycles. The van der Waals surface area contributed by atoms with E-state index in [9.17, 15) is 5.11 Å². The molecular weight excluding hydrogens is 352 g/mol. The molecule has 0 fully saturated rings. The Morgan fingerprint density at radius 1 is 1.25 bits per heavy atom. The second-order valence-electron chi connectivity index (χ2n) is 3.54. The Kier molecular flexibility index (Phi) is 3.85. The molecule has 1 aromatic heterocycles. The molecule has 0 aliphatic carbocycles. The van der Waals surface area contributed by atoms with Gasteiger partial charge < -0.3 is 5.11 Å². The summed E-state index contributed by atoms with van der Waals surface area (Å²) in [5, 5.41) is 12.2. The van der Waals surface area contributed by atoms with E-state index in [1.54, 1.807) is 11.3 Å². The van der Waals surface area contributed by atoms with Crippen molar-refractivity contribution in [2.45, 2.75) is 13.0 Å². The lowest BCUT2D eigenvalue weighted by atomic mass is 10.1. The van der Waals surface area contributed by atoms with Crippen LogP contribution in [-0.2, 0) is 0 Å². The van der Waals surface area contributed by atoms with E-state index >= 15 is 0 Å². The third-order valence-electron chi connectivity index (χ3n) is 2.39. The van der Waals surface area contributed by atoms with Crippen LogP contribution in [0.4, 0.5) is 0 Å². The highest BCUT2D eigenvalue weighted by Gasteiger charge is 2.15. The van der Waals surface area contributed by atoms with E-state index in [0.29, 0.717) is 0 Å². The number of aliphatic hydroxyl groups is 1. The summed E-state index contributed by atoms with van der Waals surface area (Å²) in [6.07, 6.45) is -0.564. The van der Waals surface area contributed by atoms with Gasteiger partial charge in [0.15, 0.2) is 0 Å². The molecule has 0 spiro atoms. The van der Waals surface area contributed by atoms with Crippen molar-refractivity contribution in [3.8, 4) is 0 Å². The average molecular weight is 362 g/mol. The van der Waals surface area contributed by atoms with Crippen molar-refractivity contribution in [3.05, 3.63) is 54.6 Å². The number of rotatable bonds is 2. The van der Waals surface area contributed by atoms with Crippen molar-refractivity contribution >= 4 is 43.2 Å². The predicted molar refractivity (Wildman–Crippen MR) is 75.0 cm³/mol. The van der Waals surface area contributed by atoms with Crippen molar-refractivity contribution < 1.29 is 5.11 Å². The van der Waals surface area contributed by atoms with E-state index in [1.165, 1.54) is 0 Å². The number of thiophene rings is 1. The Morgan fingerprint density at radius 3 is 2.62 bits per heavy atom. The zero-order valence-corrected chi connectivity index (χ0v) is 12.6. The zero-order chi connectivity index (χ0) is 11.7. The van der Waals surface area contributed by atoms with Crippen LogP contribution >= 0.6 is 43.2 Å². The molecule has 1 nitrogen and oxygen atoms in total. The van der Waals surface area contributed by atoms with Crippen LogP contribution in [0.15, 0.2) is 38.6 Å². The number of halogens is 2. The topological polar surface area (TPSA) is 20.2 Å². The fourth-order valence-electron chi connectivity index (χ4n) is 1.47. The van der Waals surface area contributed by atoms with E-state index < -0.39 is 6.10 Å². The first-order valence-electron chi connectivity index (χ1n) is 4.76. The van der Waals surface area contributed by atoms with Crippen LogP contribution in [0.2, 0.25) is 0 Å². The third-order valence-corrected chi connectivity index (χ3v) is 4.85. The number of aryl methyl sites for hydroxylation is 1. The summed E-state index contributed by atoms with van der Waals surface area (Å²) in [7, 11) is 0. The number of hydrogen-bond donors (Lipinski definition) is 1. The summed E-state index contributed by atoms with van der Waals surface area (Å²) >= 11 is 8.53. The second kappa shape index (κ2) is 5.00. The summed E-state index contributed by atoms with van der Waals surface area (Å²) in [6.45, 7) is 2.02. The molecule has 1 aromatic carbocycles. The van der Waals surface area contributed by atoms with Crippen molar-refractivity contribution in [3.63, 3.8) is 0 Å². The van der Waals surface area contributed by atoms with Crippen LogP contribution in [0.5, 0.6) is 0 Å². The van der Waals surface area contributed by atoms with Gasteiger partial charge in [-0.05, 0) is 36.1 Å². The van der Waals surface area contributed by atoms with Crippen LogP contribution in [0, 0.1) is 6.92 Å². The van der Waals surface area contributed by atoms with Crippen LogP contribution in [0.3, 0.4) is 0 Å². The largest absolute Gasteiger partial charge is 0.383 e. The van der Waals surface area contributed by atoms with E-state index in [0.717, 1.165) is 24.9 Å². The summed E-state index contributed by atoms with van der Waals surface area (Å²) in [5.74, 6) is 0. The molecule has 0 radical (unpaired) electrons. The van der Waals surface area contributed by atoms with Crippen molar-refractivity contribution in [2.24, 2.45) is 0 Å². The molecule has 1 heterocycles. The predicted octanol–water partition coefficient (Wildman–Crippen LogP) is 4.66. The van der Waals surface area contributed by atoms with Gasteiger partial charge in [0, 0.05) is 19.4 Å². The van der Waals surface area contributed by atoms with Gasteiger partial charge in [0.2, 0.25) is 0 Å². The number of benzene rings is 1. The molecular formula is C12H10Br2OS. The van der Waals surface area contributed by atoms with Crippen LogP contribution < -0.4 is 0 Å². The fraction of sp³-hybridized carbons (Fsp3) is 0.167. The van der Waals surface area contributed by atoms with Gasteiger partial charge in [-0.3, -0.25) is 0 Å². The molecule has 0 amide bonds. The smallest absolute Gasteiger partial charge is 0.114 e. The molecule has 1 N–H and O–H groups in total. The summed E-state index contributed by atoms with van der Waals surface area (Å²) in [4.78, 5) is 0.955. The molecule has 0 saturated carbocycles. The second-order valence-corrected chi connectivity index (χ2v) is 6.23. The Balaban J connectivity index is 2.44. The Bertz CT molecular complexity index is 494. The maximum absolute atomic E-state index is 10.2. The van der Waals surface area contributed by atoms with Crippen molar-refractivity contribution in [1.82, 2.24) is 0 Å². The molecule has 0 bridgehead atoms. The lowest BCUT2D eigenvalue weighted by Crippen LogP contribution is -1.99. The normalized spacial score (nSPS) is 12.8. The van der Waals surface area contributed by atoms with Gasteiger partial charge in [-0.1, -0.05) is 37.9 Å². The first kappa shape index (κ1) is 12.3. The minimum absolute atomic E-state index is 0.564.